The molecule has 2 aliphatic rings. The Bertz CT molecular complexity index is 794. The molecule has 1 unspecified atom stereocenters. The summed E-state index contributed by atoms with van der Waals surface area (Å²) in [7, 11) is 2.27. The van der Waals surface area contributed by atoms with Crippen molar-refractivity contribution < 1.29 is 0 Å². The van der Waals surface area contributed by atoms with Crippen molar-refractivity contribution in [2.75, 3.05) is 31.6 Å². The number of fused-ring (bicyclic) bond motifs is 1. The lowest BCUT2D eigenvalue weighted by molar-refractivity contribution is 0.297. The number of nitrogens with zero attached hydrogens (tertiary/aromatic N) is 3. The van der Waals surface area contributed by atoms with Crippen LogP contribution >= 0.6 is 36.2 Å². The number of aliphatic imine (C=N–C) groups is 1. The number of aryl methyl sites for hydroxylation is 1. The van der Waals surface area contributed by atoms with Crippen molar-refractivity contribution in [3.05, 3.63) is 46.2 Å². The molecule has 0 radical (unpaired) electrons. The normalized spacial score (nSPS) is 19.8. The summed E-state index contributed by atoms with van der Waals surface area (Å²) in [4.78, 5) is 10.8. The van der Waals surface area contributed by atoms with Crippen molar-refractivity contribution in [2.24, 2.45) is 10.7 Å². The lowest BCUT2D eigenvalue weighted by Gasteiger charge is -2.28. The minimum Gasteiger partial charge on any atom is -0.383 e. The molecule has 1 aromatic carbocycles. The topological polar surface area (TPSA) is 44.9 Å². The average Bonchev–Trinajstić information content (AvgIpc) is 3.30. The van der Waals surface area contributed by atoms with Gasteiger partial charge in [-0.15, -0.1) is 36.2 Å². The highest BCUT2D eigenvalue weighted by Crippen LogP contribution is 2.31. The van der Waals surface area contributed by atoms with Crippen LogP contribution in [0.4, 0.5) is 11.4 Å². The summed E-state index contributed by atoms with van der Waals surface area (Å²) >= 11 is 1.63. The monoisotopic (exact) mass is 454 g/mol. The summed E-state index contributed by atoms with van der Waals surface area (Å²) in [6.45, 7) is 3.58. The van der Waals surface area contributed by atoms with Crippen LogP contribution in [0.15, 0.2) is 40.7 Å². The number of rotatable bonds is 5. The van der Waals surface area contributed by atoms with Crippen LogP contribution in [0.1, 0.15) is 42.5 Å². The quantitative estimate of drug-likeness (QED) is 0.494. The van der Waals surface area contributed by atoms with E-state index in [0.29, 0.717) is 5.84 Å². The van der Waals surface area contributed by atoms with Crippen molar-refractivity contribution >= 4 is 53.4 Å². The van der Waals surface area contributed by atoms with Crippen LogP contribution in [0.25, 0.3) is 0 Å². The molecule has 2 aliphatic heterocycles. The Labute approximate surface area is 191 Å². The molecule has 1 aromatic heterocycles. The molecule has 0 aliphatic carbocycles. The van der Waals surface area contributed by atoms with Crippen molar-refractivity contribution in [1.29, 1.82) is 0 Å². The number of hydrogen-bond acceptors (Lipinski definition) is 4. The summed E-state index contributed by atoms with van der Waals surface area (Å²) in [5.41, 5.74) is 9.98. The molecule has 0 saturated carbocycles. The maximum Gasteiger partial charge on any atom is 0.141 e. The van der Waals surface area contributed by atoms with Crippen molar-refractivity contribution in [3.8, 4) is 0 Å². The molecule has 4 nitrogen and oxygen atoms in total. The second-order valence-corrected chi connectivity index (χ2v) is 8.74. The largest absolute Gasteiger partial charge is 0.383 e. The number of benzene rings is 1. The number of nitrogens with two attached hydrogens (primary N) is 1. The zero-order chi connectivity index (χ0) is 18.6. The maximum atomic E-state index is 6.18. The highest BCUT2D eigenvalue weighted by atomic mass is 35.5. The van der Waals surface area contributed by atoms with Crippen LogP contribution in [-0.2, 0) is 6.42 Å². The SMILES string of the molecule is CN1CCCC1CCN1CCCCc2cc(N=C(N)c3cccs3)ccc21.Cl.Cl. The Morgan fingerprint density at radius 2 is 2.03 bits per heavy atom. The molecule has 0 amide bonds. The number of halogens is 2. The molecule has 1 fully saturated rings. The molecule has 3 heterocycles. The molecule has 1 saturated heterocycles. The first kappa shape index (κ1) is 24.0. The number of anilines is 1. The van der Waals surface area contributed by atoms with Crippen molar-refractivity contribution in [3.63, 3.8) is 0 Å². The summed E-state index contributed by atoms with van der Waals surface area (Å²) in [5.74, 6) is 0.611. The second kappa shape index (κ2) is 11.2. The summed E-state index contributed by atoms with van der Waals surface area (Å²) in [6, 6.07) is 11.4. The first-order chi connectivity index (χ1) is 13.2. The summed E-state index contributed by atoms with van der Waals surface area (Å²) in [5, 5.41) is 2.04. The third kappa shape index (κ3) is 5.88. The Hall–Kier alpha value is -1.27. The van der Waals surface area contributed by atoms with E-state index in [4.69, 9.17) is 5.73 Å². The Morgan fingerprint density at radius 3 is 2.76 bits per heavy atom. The molecular formula is C22H32Cl2N4S. The minimum absolute atomic E-state index is 0. The van der Waals surface area contributed by atoms with Crippen LogP contribution in [0.2, 0.25) is 0 Å². The van der Waals surface area contributed by atoms with Crippen LogP contribution in [-0.4, -0.2) is 43.5 Å². The first-order valence-electron chi connectivity index (χ1n) is 10.2. The highest BCUT2D eigenvalue weighted by Gasteiger charge is 2.22. The molecule has 2 N–H and O–H groups in total. The Kier molecular flexibility index (Phi) is 9.28. The first-order valence-corrected chi connectivity index (χ1v) is 11.0. The Balaban J connectivity index is 0.00000150. The van der Waals surface area contributed by atoms with Gasteiger partial charge >= 0.3 is 0 Å². The van der Waals surface area contributed by atoms with Gasteiger partial charge in [-0.1, -0.05) is 6.07 Å². The van der Waals surface area contributed by atoms with Crippen molar-refractivity contribution in [1.82, 2.24) is 4.90 Å². The fraction of sp³-hybridized carbons (Fsp3) is 0.500. The van der Waals surface area contributed by atoms with Gasteiger partial charge in [0.25, 0.3) is 0 Å². The smallest absolute Gasteiger partial charge is 0.141 e. The van der Waals surface area contributed by atoms with Gasteiger partial charge in [0, 0.05) is 24.8 Å². The number of thiophene rings is 1. The zero-order valence-electron chi connectivity index (χ0n) is 17.0. The van der Waals surface area contributed by atoms with E-state index < -0.39 is 0 Å². The predicted octanol–water partition coefficient (Wildman–Crippen LogP) is 5.26. The number of hydrogen-bond donors (Lipinski definition) is 1. The fourth-order valence-corrected chi connectivity index (χ4v) is 5.02. The molecule has 7 heteroatoms. The summed E-state index contributed by atoms with van der Waals surface area (Å²) in [6.07, 6.45) is 7.63. The number of amidine groups is 1. The third-order valence-corrected chi connectivity index (χ3v) is 6.85. The van der Waals surface area contributed by atoms with Gasteiger partial charge in [0.1, 0.15) is 5.84 Å². The maximum absolute atomic E-state index is 6.18. The molecule has 29 heavy (non-hydrogen) atoms. The summed E-state index contributed by atoms with van der Waals surface area (Å²) < 4.78 is 0. The molecule has 160 valence electrons. The highest BCUT2D eigenvalue weighted by molar-refractivity contribution is 7.12. The van der Waals surface area contributed by atoms with Crippen LogP contribution in [0.5, 0.6) is 0 Å². The number of likely N-dealkylation sites (tertiary alicyclic amines) is 1. The van der Waals surface area contributed by atoms with E-state index in [1.807, 2.05) is 17.5 Å². The molecular weight excluding hydrogens is 423 g/mol. The molecule has 0 bridgehead atoms. The fourth-order valence-electron chi connectivity index (χ4n) is 4.39. The molecule has 4 rings (SSSR count). The van der Waals surface area contributed by atoms with Crippen molar-refractivity contribution in [2.45, 2.75) is 44.6 Å². The predicted molar refractivity (Wildman–Crippen MR) is 131 cm³/mol. The van der Waals surface area contributed by atoms with Gasteiger partial charge < -0.3 is 15.5 Å². The van der Waals surface area contributed by atoms with Gasteiger partial charge in [0.2, 0.25) is 0 Å². The van der Waals surface area contributed by atoms with E-state index >= 15 is 0 Å². The van der Waals surface area contributed by atoms with Crippen LogP contribution in [0.3, 0.4) is 0 Å². The molecule has 0 spiro atoms. The van der Waals surface area contributed by atoms with E-state index in [1.54, 1.807) is 11.3 Å². The zero-order valence-corrected chi connectivity index (χ0v) is 19.5. The van der Waals surface area contributed by atoms with Gasteiger partial charge in [0.15, 0.2) is 0 Å². The van der Waals surface area contributed by atoms with E-state index in [2.05, 4.69) is 40.0 Å². The van der Waals surface area contributed by atoms with Gasteiger partial charge in [0.05, 0.1) is 10.6 Å². The Morgan fingerprint density at radius 1 is 1.17 bits per heavy atom. The van der Waals surface area contributed by atoms with Crippen LogP contribution < -0.4 is 10.6 Å². The third-order valence-electron chi connectivity index (χ3n) is 5.95. The van der Waals surface area contributed by atoms with E-state index in [0.717, 1.165) is 29.6 Å². The second-order valence-electron chi connectivity index (χ2n) is 7.80. The van der Waals surface area contributed by atoms with Crippen LogP contribution in [0, 0.1) is 0 Å². The molecule has 2 aromatic rings. The van der Waals surface area contributed by atoms with Gasteiger partial charge in [-0.25, -0.2) is 4.99 Å². The van der Waals surface area contributed by atoms with Gasteiger partial charge in [-0.05, 0) is 87.3 Å². The van der Waals surface area contributed by atoms with Gasteiger partial charge in [-0.3, -0.25) is 0 Å². The average molecular weight is 455 g/mol. The standard InChI is InChI=1S/C22H30N4S.2ClH/c1-25-12-4-7-19(25)11-14-26-13-3-2-6-17-16-18(9-10-20(17)26)24-22(23)21-8-5-15-27-21;;/h5,8-10,15-16,19H,2-4,6-7,11-14H2,1H3,(H2,23,24);2*1H. The van der Waals surface area contributed by atoms with E-state index in [1.165, 1.54) is 56.4 Å². The van der Waals surface area contributed by atoms with Gasteiger partial charge in [-0.2, -0.15) is 0 Å². The minimum atomic E-state index is 0. The van der Waals surface area contributed by atoms with E-state index in [9.17, 15) is 0 Å². The van der Waals surface area contributed by atoms with E-state index in [-0.39, 0.29) is 24.8 Å². The lowest BCUT2D eigenvalue weighted by atomic mass is 10.1. The molecule has 1 atom stereocenters. The lowest BCUT2D eigenvalue weighted by Crippen LogP contribution is -2.32.